The van der Waals surface area contributed by atoms with Crippen molar-refractivity contribution in [3.05, 3.63) is 83.9 Å². The Morgan fingerprint density at radius 3 is 2.07 bits per heavy atom. The Bertz CT molecular complexity index is 1020. The number of amides is 1. The molecule has 156 valence electrons. The van der Waals surface area contributed by atoms with Gasteiger partial charge >= 0.3 is 6.18 Å². The molecule has 0 aliphatic carbocycles. The van der Waals surface area contributed by atoms with Gasteiger partial charge in [-0.1, -0.05) is 36.0 Å². The largest absolute Gasteiger partial charge is 0.418 e. The zero-order valence-electron chi connectivity index (χ0n) is 15.2. The summed E-state index contributed by atoms with van der Waals surface area (Å²) in [6.45, 7) is 0. The number of hydrogen-bond donors (Lipinski definition) is 2. The number of nitrogens with one attached hydrogen (secondary N) is 2. The van der Waals surface area contributed by atoms with Gasteiger partial charge in [-0.25, -0.2) is 0 Å². The van der Waals surface area contributed by atoms with Gasteiger partial charge in [0, 0.05) is 10.6 Å². The van der Waals surface area contributed by atoms with Crippen LogP contribution in [0.2, 0.25) is 0 Å². The first-order chi connectivity index (χ1) is 14.2. The maximum absolute atomic E-state index is 13.2. The number of rotatable bonds is 6. The molecule has 0 bridgehead atoms. The molecule has 0 radical (unpaired) electrons. The van der Waals surface area contributed by atoms with Crippen molar-refractivity contribution in [3.63, 3.8) is 0 Å². The lowest BCUT2D eigenvalue weighted by Gasteiger charge is -2.15. The van der Waals surface area contributed by atoms with E-state index in [9.17, 15) is 26.7 Å². The van der Waals surface area contributed by atoms with E-state index >= 15 is 0 Å². The summed E-state index contributed by atoms with van der Waals surface area (Å²) >= 11 is 0.409. The van der Waals surface area contributed by atoms with E-state index in [2.05, 4.69) is 10.6 Å². The Labute approximate surface area is 173 Å². The summed E-state index contributed by atoms with van der Waals surface area (Å²) in [5.74, 6) is -3.26. The monoisotopic (exact) mass is 438 g/mol. The van der Waals surface area contributed by atoms with Crippen LogP contribution in [0.15, 0.2) is 77.7 Å². The fourth-order valence-corrected chi connectivity index (χ4v) is 3.19. The van der Waals surface area contributed by atoms with Crippen LogP contribution in [-0.2, 0) is 6.18 Å². The molecule has 3 aromatic rings. The quantitative estimate of drug-likeness (QED) is 0.321. The van der Waals surface area contributed by atoms with Gasteiger partial charge in [0.15, 0.2) is 0 Å². The van der Waals surface area contributed by atoms with Crippen molar-refractivity contribution >= 4 is 34.7 Å². The smallest absolute Gasteiger partial charge is 0.355 e. The SMILES string of the molecule is O=C(Nc1ccccc1C(F)(F)F)c1ccccc1Nc1ccc(SC(F)F)cc1. The predicted octanol–water partition coefficient (Wildman–Crippen LogP) is 7.02. The van der Waals surface area contributed by atoms with Gasteiger partial charge in [0.2, 0.25) is 0 Å². The van der Waals surface area contributed by atoms with Gasteiger partial charge in [0.05, 0.1) is 22.5 Å². The van der Waals surface area contributed by atoms with Crippen molar-refractivity contribution in [2.45, 2.75) is 16.8 Å². The molecule has 0 saturated heterocycles. The molecule has 0 heterocycles. The van der Waals surface area contributed by atoms with Crippen molar-refractivity contribution < 1.29 is 26.7 Å². The molecule has 0 spiro atoms. The van der Waals surface area contributed by atoms with Crippen LogP contribution in [-0.4, -0.2) is 11.7 Å². The Balaban J connectivity index is 1.81. The van der Waals surface area contributed by atoms with Crippen LogP contribution in [0.3, 0.4) is 0 Å². The summed E-state index contributed by atoms with van der Waals surface area (Å²) in [7, 11) is 0. The lowest BCUT2D eigenvalue weighted by molar-refractivity contribution is -0.136. The van der Waals surface area contributed by atoms with Crippen molar-refractivity contribution in [2.24, 2.45) is 0 Å². The molecule has 30 heavy (non-hydrogen) atoms. The highest BCUT2D eigenvalue weighted by Crippen LogP contribution is 2.35. The van der Waals surface area contributed by atoms with E-state index in [1.54, 1.807) is 30.3 Å². The van der Waals surface area contributed by atoms with Crippen LogP contribution in [0, 0.1) is 0 Å². The molecule has 0 saturated carbocycles. The highest BCUT2D eigenvalue weighted by molar-refractivity contribution is 7.99. The molecule has 2 N–H and O–H groups in total. The molecule has 0 aliphatic heterocycles. The van der Waals surface area contributed by atoms with Gasteiger partial charge in [-0.05, 0) is 48.5 Å². The van der Waals surface area contributed by atoms with Gasteiger partial charge in [0.1, 0.15) is 0 Å². The van der Waals surface area contributed by atoms with Crippen LogP contribution >= 0.6 is 11.8 Å². The second kappa shape index (κ2) is 9.17. The van der Waals surface area contributed by atoms with E-state index < -0.39 is 23.4 Å². The van der Waals surface area contributed by atoms with Crippen molar-refractivity contribution in [2.75, 3.05) is 10.6 Å². The minimum atomic E-state index is -4.61. The second-order valence-corrected chi connectivity index (χ2v) is 7.13. The van der Waals surface area contributed by atoms with Crippen molar-refractivity contribution in [1.82, 2.24) is 0 Å². The first-order valence-electron chi connectivity index (χ1n) is 8.62. The third-order valence-corrected chi connectivity index (χ3v) is 4.73. The normalized spacial score (nSPS) is 11.4. The molecule has 3 nitrogen and oxygen atoms in total. The molecular formula is C21H15F5N2OS. The number of para-hydroxylation sites is 2. The Morgan fingerprint density at radius 1 is 0.833 bits per heavy atom. The van der Waals surface area contributed by atoms with Crippen LogP contribution in [0.1, 0.15) is 15.9 Å². The minimum Gasteiger partial charge on any atom is -0.355 e. The molecule has 3 aromatic carbocycles. The zero-order valence-corrected chi connectivity index (χ0v) is 16.0. The van der Waals surface area contributed by atoms with E-state index in [1.165, 1.54) is 36.4 Å². The van der Waals surface area contributed by atoms with E-state index in [1.807, 2.05) is 0 Å². The number of carbonyl (C=O) groups excluding carboxylic acids is 1. The molecule has 0 unspecified atom stereocenters. The number of carbonyl (C=O) groups is 1. The minimum absolute atomic E-state index is 0.125. The summed E-state index contributed by atoms with van der Waals surface area (Å²) in [5, 5.41) is 5.29. The number of anilines is 3. The predicted molar refractivity (Wildman–Crippen MR) is 107 cm³/mol. The Hall–Kier alpha value is -3.07. The van der Waals surface area contributed by atoms with Gasteiger partial charge in [0.25, 0.3) is 11.7 Å². The van der Waals surface area contributed by atoms with Crippen LogP contribution in [0.5, 0.6) is 0 Å². The summed E-state index contributed by atoms with van der Waals surface area (Å²) < 4.78 is 64.3. The Morgan fingerprint density at radius 2 is 1.43 bits per heavy atom. The van der Waals surface area contributed by atoms with Crippen LogP contribution < -0.4 is 10.6 Å². The third-order valence-electron chi connectivity index (χ3n) is 4.01. The maximum atomic E-state index is 13.2. The molecule has 9 heteroatoms. The van der Waals surface area contributed by atoms with E-state index in [0.717, 1.165) is 6.07 Å². The zero-order chi connectivity index (χ0) is 21.7. The standard InChI is InChI=1S/C21H15F5N2OS/c22-20(23)30-14-11-9-13(10-12-14)27-17-7-3-1-5-15(17)19(29)28-18-8-4-2-6-16(18)21(24,25)26/h1-12,20,27H,(H,28,29). The number of hydrogen-bond acceptors (Lipinski definition) is 3. The van der Waals surface area contributed by atoms with Gasteiger partial charge in [-0.15, -0.1) is 0 Å². The van der Waals surface area contributed by atoms with Gasteiger partial charge < -0.3 is 10.6 Å². The highest BCUT2D eigenvalue weighted by atomic mass is 32.2. The number of benzene rings is 3. The molecule has 3 rings (SSSR count). The first kappa shape index (κ1) is 21.6. The van der Waals surface area contributed by atoms with Crippen molar-refractivity contribution in [3.8, 4) is 0 Å². The average Bonchev–Trinajstić information content (AvgIpc) is 2.69. The van der Waals surface area contributed by atoms with Crippen LogP contribution in [0.4, 0.5) is 39.0 Å². The van der Waals surface area contributed by atoms with Crippen molar-refractivity contribution in [1.29, 1.82) is 0 Å². The summed E-state index contributed by atoms with van der Waals surface area (Å²) in [5.41, 5.74) is -0.284. The van der Waals surface area contributed by atoms with Gasteiger partial charge in [-0.3, -0.25) is 4.79 Å². The topological polar surface area (TPSA) is 41.1 Å². The van der Waals surface area contributed by atoms with Gasteiger partial charge in [-0.2, -0.15) is 22.0 Å². The average molecular weight is 438 g/mol. The Kier molecular flexibility index (Phi) is 6.61. The molecule has 0 atom stereocenters. The number of alkyl halides is 5. The number of thioether (sulfide) groups is 1. The fraction of sp³-hybridized carbons (Fsp3) is 0.0952. The van der Waals surface area contributed by atoms with E-state index in [0.29, 0.717) is 28.0 Å². The second-order valence-electron chi connectivity index (χ2n) is 6.07. The summed E-state index contributed by atoms with van der Waals surface area (Å²) in [4.78, 5) is 13.1. The van der Waals surface area contributed by atoms with E-state index in [-0.39, 0.29) is 11.3 Å². The summed E-state index contributed by atoms with van der Waals surface area (Å²) in [6, 6.07) is 17.1. The summed E-state index contributed by atoms with van der Waals surface area (Å²) in [6.07, 6.45) is -4.61. The van der Waals surface area contributed by atoms with E-state index in [4.69, 9.17) is 0 Å². The van der Waals surface area contributed by atoms with Crippen LogP contribution in [0.25, 0.3) is 0 Å². The molecule has 0 aliphatic rings. The maximum Gasteiger partial charge on any atom is 0.418 e. The lowest BCUT2D eigenvalue weighted by atomic mass is 10.1. The fourth-order valence-electron chi connectivity index (χ4n) is 2.69. The molecule has 0 aromatic heterocycles. The number of halogens is 5. The molecular weight excluding hydrogens is 423 g/mol. The highest BCUT2D eigenvalue weighted by Gasteiger charge is 2.33. The first-order valence-corrected chi connectivity index (χ1v) is 9.50. The molecule has 1 amide bonds. The third kappa shape index (κ3) is 5.50. The molecule has 0 fully saturated rings. The lowest BCUT2D eigenvalue weighted by Crippen LogP contribution is -2.17.